The quantitative estimate of drug-likeness (QED) is 0.771. The van der Waals surface area contributed by atoms with Crippen molar-refractivity contribution in [2.75, 3.05) is 6.54 Å². The molecule has 1 aliphatic heterocycles. The minimum absolute atomic E-state index is 0.0617. The van der Waals surface area contributed by atoms with Crippen LogP contribution in [0.3, 0.4) is 0 Å². The summed E-state index contributed by atoms with van der Waals surface area (Å²) in [6, 6.07) is 16.0. The second-order valence-electron chi connectivity index (χ2n) is 6.79. The predicted molar refractivity (Wildman–Crippen MR) is 102 cm³/mol. The lowest BCUT2D eigenvalue weighted by molar-refractivity contribution is -0.131. The Morgan fingerprint density at radius 3 is 2.74 bits per heavy atom. The Labute approximate surface area is 158 Å². The van der Waals surface area contributed by atoms with Crippen molar-refractivity contribution < 1.29 is 9.32 Å². The summed E-state index contributed by atoms with van der Waals surface area (Å²) in [5, 5.41) is 4.11. The van der Waals surface area contributed by atoms with E-state index in [1.165, 1.54) is 5.56 Å². The molecule has 1 amide bonds. The molecule has 0 radical (unpaired) electrons. The van der Waals surface area contributed by atoms with Gasteiger partial charge in [0.05, 0.1) is 12.5 Å². The third kappa shape index (κ3) is 3.48. The van der Waals surface area contributed by atoms with Gasteiger partial charge in [-0.3, -0.25) is 4.79 Å². The van der Waals surface area contributed by atoms with E-state index in [2.05, 4.69) is 22.3 Å². The molecule has 1 unspecified atom stereocenters. The molecule has 138 valence electrons. The zero-order valence-corrected chi connectivity index (χ0v) is 15.3. The molecule has 0 saturated heterocycles. The minimum atomic E-state index is -0.0830. The molecule has 3 aromatic rings. The number of nitrogens with zero attached hydrogens (tertiary/aromatic N) is 3. The minimum Gasteiger partial charge on any atom is -0.339 e. The molecule has 2 heterocycles. The van der Waals surface area contributed by atoms with Crippen LogP contribution in [0, 0.1) is 0 Å². The molecular formula is C21H22N4O2. The molecule has 2 aromatic carbocycles. The first kappa shape index (κ1) is 17.4. The summed E-state index contributed by atoms with van der Waals surface area (Å²) in [4.78, 5) is 18.6. The number of rotatable bonds is 4. The van der Waals surface area contributed by atoms with E-state index in [1.54, 1.807) is 6.92 Å². The van der Waals surface area contributed by atoms with E-state index >= 15 is 0 Å². The molecule has 0 bridgehead atoms. The lowest BCUT2D eigenvalue weighted by Crippen LogP contribution is -2.39. The summed E-state index contributed by atoms with van der Waals surface area (Å²) in [6.07, 6.45) is 1.37. The molecule has 27 heavy (non-hydrogen) atoms. The first-order valence-electron chi connectivity index (χ1n) is 9.12. The monoisotopic (exact) mass is 362 g/mol. The van der Waals surface area contributed by atoms with E-state index in [9.17, 15) is 4.79 Å². The number of carbonyl (C=O) groups is 1. The average Bonchev–Trinajstić information content (AvgIpc) is 3.16. The third-order valence-corrected chi connectivity index (χ3v) is 5.10. The molecule has 0 saturated carbocycles. The number of nitrogens with two attached hydrogens (primary N) is 1. The van der Waals surface area contributed by atoms with Crippen molar-refractivity contribution in [1.82, 2.24) is 15.0 Å². The van der Waals surface area contributed by atoms with E-state index in [0.717, 1.165) is 23.1 Å². The Morgan fingerprint density at radius 2 is 2.00 bits per heavy atom. The SMILES string of the molecule is CC(=O)N1CCc2ccccc2C1Cc1nc(-c2ccc(CN)cc2)no1. The second-order valence-corrected chi connectivity index (χ2v) is 6.79. The van der Waals surface area contributed by atoms with Gasteiger partial charge in [-0.1, -0.05) is 53.7 Å². The fraction of sp³-hybridized carbons (Fsp3) is 0.286. The largest absolute Gasteiger partial charge is 0.339 e. The van der Waals surface area contributed by atoms with E-state index in [-0.39, 0.29) is 11.9 Å². The fourth-order valence-corrected chi connectivity index (χ4v) is 3.66. The standard InChI is InChI=1S/C21H22N4O2/c1-14(26)25-11-10-16-4-2-3-5-18(16)19(25)12-20-23-21(24-27-20)17-8-6-15(13-22)7-9-17/h2-9,19H,10-13,22H2,1H3. The molecule has 0 fully saturated rings. The van der Waals surface area contributed by atoms with Crippen LogP contribution in [0.5, 0.6) is 0 Å². The number of amides is 1. The summed E-state index contributed by atoms with van der Waals surface area (Å²) >= 11 is 0. The topological polar surface area (TPSA) is 85.2 Å². The van der Waals surface area contributed by atoms with Crippen molar-refractivity contribution in [3.05, 3.63) is 71.1 Å². The maximum atomic E-state index is 12.1. The highest BCUT2D eigenvalue weighted by Gasteiger charge is 2.30. The third-order valence-electron chi connectivity index (χ3n) is 5.10. The van der Waals surface area contributed by atoms with Crippen LogP contribution in [0.25, 0.3) is 11.4 Å². The normalized spacial score (nSPS) is 16.2. The molecule has 2 N–H and O–H groups in total. The molecule has 4 rings (SSSR count). The molecule has 6 heteroatoms. The maximum Gasteiger partial charge on any atom is 0.229 e. The van der Waals surface area contributed by atoms with Crippen LogP contribution >= 0.6 is 0 Å². The highest BCUT2D eigenvalue weighted by atomic mass is 16.5. The van der Waals surface area contributed by atoms with Crippen molar-refractivity contribution in [1.29, 1.82) is 0 Å². The van der Waals surface area contributed by atoms with Crippen molar-refractivity contribution in [2.24, 2.45) is 5.73 Å². The number of carbonyl (C=O) groups excluding carboxylic acids is 1. The smallest absolute Gasteiger partial charge is 0.229 e. The average molecular weight is 362 g/mol. The van der Waals surface area contributed by atoms with Crippen LogP contribution < -0.4 is 5.73 Å². The van der Waals surface area contributed by atoms with Crippen molar-refractivity contribution in [3.8, 4) is 11.4 Å². The maximum absolute atomic E-state index is 12.1. The van der Waals surface area contributed by atoms with E-state index in [1.807, 2.05) is 41.3 Å². The summed E-state index contributed by atoms with van der Waals surface area (Å²) in [5.41, 5.74) is 10.0. The van der Waals surface area contributed by atoms with Crippen LogP contribution in [0.2, 0.25) is 0 Å². The van der Waals surface area contributed by atoms with Gasteiger partial charge in [0.1, 0.15) is 0 Å². The van der Waals surface area contributed by atoms with E-state index < -0.39 is 0 Å². The first-order chi connectivity index (χ1) is 13.2. The van der Waals surface area contributed by atoms with Gasteiger partial charge in [-0.25, -0.2) is 0 Å². The molecule has 0 aliphatic carbocycles. The Balaban J connectivity index is 1.61. The Hall–Kier alpha value is -2.99. The van der Waals surface area contributed by atoms with E-state index in [0.29, 0.717) is 31.2 Å². The van der Waals surface area contributed by atoms with Gasteiger partial charge in [0.15, 0.2) is 0 Å². The van der Waals surface area contributed by atoms with Crippen LogP contribution in [0.15, 0.2) is 53.1 Å². The Bertz CT molecular complexity index is 949. The number of fused-ring (bicyclic) bond motifs is 1. The summed E-state index contributed by atoms with van der Waals surface area (Å²) in [5.74, 6) is 1.14. The van der Waals surface area contributed by atoms with Gasteiger partial charge < -0.3 is 15.2 Å². The van der Waals surface area contributed by atoms with Gasteiger partial charge in [0.2, 0.25) is 17.6 Å². The highest BCUT2D eigenvalue weighted by molar-refractivity contribution is 5.74. The Morgan fingerprint density at radius 1 is 1.22 bits per heavy atom. The zero-order chi connectivity index (χ0) is 18.8. The molecule has 1 atom stereocenters. The van der Waals surface area contributed by atoms with Crippen molar-refractivity contribution in [2.45, 2.75) is 32.4 Å². The highest BCUT2D eigenvalue weighted by Crippen LogP contribution is 2.32. The van der Waals surface area contributed by atoms with Crippen LogP contribution in [-0.2, 0) is 24.2 Å². The van der Waals surface area contributed by atoms with Gasteiger partial charge in [-0.15, -0.1) is 0 Å². The Kier molecular flexibility index (Phi) is 4.73. The molecule has 6 nitrogen and oxygen atoms in total. The lowest BCUT2D eigenvalue weighted by atomic mass is 9.90. The molecule has 0 spiro atoms. The number of aromatic nitrogens is 2. The molecule has 1 aromatic heterocycles. The number of hydrogen-bond acceptors (Lipinski definition) is 5. The van der Waals surface area contributed by atoms with E-state index in [4.69, 9.17) is 10.3 Å². The lowest BCUT2D eigenvalue weighted by Gasteiger charge is -2.36. The summed E-state index contributed by atoms with van der Waals surface area (Å²) in [6.45, 7) is 2.82. The molecular weight excluding hydrogens is 340 g/mol. The van der Waals surface area contributed by atoms with Gasteiger partial charge in [-0.05, 0) is 23.1 Å². The molecule has 1 aliphatic rings. The summed E-state index contributed by atoms with van der Waals surface area (Å²) < 4.78 is 5.50. The van der Waals surface area contributed by atoms with Gasteiger partial charge in [0, 0.05) is 25.6 Å². The number of hydrogen-bond donors (Lipinski definition) is 1. The van der Waals surface area contributed by atoms with Crippen LogP contribution in [0.4, 0.5) is 0 Å². The van der Waals surface area contributed by atoms with Gasteiger partial charge in [0.25, 0.3) is 0 Å². The zero-order valence-electron chi connectivity index (χ0n) is 15.3. The predicted octanol–water partition coefficient (Wildman–Crippen LogP) is 2.88. The first-order valence-corrected chi connectivity index (χ1v) is 9.12. The van der Waals surface area contributed by atoms with Crippen LogP contribution in [0.1, 0.15) is 35.5 Å². The fourth-order valence-electron chi connectivity index (χ4n) is 3.66. The van der Waals surface area contributed by atoms with Crippen molar-refractivity contribution in [3.63, 3.8) is 0 Å². The van der Waals surface area contributed by atoms with Gasteiger partial charge in [-0.2, -0.15) is 4.98 Å². The number of benzene rings is 2. The van der Waals surface area contributed by atoms with Crippen molar-refractivity contribution >= 4 is 5.91 Å². The van der Waals surface area contributed by atoms with Gasteiger partial charge >= 0.3 is 0 Å². The summed E-state index contributed by atoms with van der Waals surface area (Å²) in [7, 11) is 0. The van der Waals surface area contributed by atoms with Crippen LogP contribution in [-0.4, -0.2) is 27.5 Å². The second kappa shape index (κ2) is 7.32.